The van der Waals surface area contributed by atoms with Crippen molar-refractivity contribution in [1.82, 2.24) is 4.98 Å². The van der Waals surface area contributed by atoms with E-state index in [0.717, 1.165) is 23.9 Å². The Morgan fingerprint density at radius 1 is 1.30 bits per heavy atom. The molecule has 0 aliphatic carbocycles. The van der Waals surface area contributed by atoms with E-state index in [-0.39, 0.29) is 16.2 Å². The van der Waals surface area contributed by atoms with Crippen LogP contribution in [0.5, 0.6) is 0 Å². The van der Waals surface area contributed by atoms with Crippen molar-refractivity contribution in [2.24, 2.45) is 0 Å². The van der Waals surface area contributed by atoms with E-state index in [4.69, 9.17) is 5.11 Å². The molecule has 2 aromatic rings. The Bertz CT molecular complexity index is 646. The first-order valence-electron chi connectivity index (χ1n) is 5.89. The Labute approximate surface area is 117 Å². The number of rotatable bonds is 5. The first-order chi connectivity index (χ1) is 9.58. The Morgan fingerprint density at radius 2 is 2.10 bits per heavy atom. The van der Waals surface area contributed by atoms with Gasteiger partial charge in [-0.05, 0) is 30.3 Å². The van der Waals surface area contributed by atoms with E-state index in [2.05, 4.69) is 4.98 Å². The molecule has 6 heteroatoms. The summed E-state index contributed by atoms with van der Waals surface area (Å²) in [5.74, 6) is -1.64. The number of pyridine rings is 1. The van der Waals surface area contributed by atoms with Gasteiger partial charge in [0.2, 0.25) is 0 Å². The van der Waals surface area contributed by atoms with E-state index >= 15 is 0 Å². The van der Waals surface area contributed by atoms with Crippen LogP contribution >= 0.6 is 0 Å². The van der Waals surface area contributed by atoms with E-state index in [1.165, 1.54) is 0 Å². The highest BCUT2D eigenvalue weighted by atomic mass is 32.2. The van der Waals surface area contributed by atoms with Crippen LogP contribution in [0.3, 0.4) is 0 Å². The Kier molecular flexibility index (Phi) is 4.57. The SMILES string of the molecule is O=C(O)c1ccc(F)c(S(=O)CCc2ccccn2)c1. The largest absolute Gasteiger partial charge is 0.478 e. The zero-order valence-electron chi connectivity index (χ0n) is 10.5. The van der Waals surface area contributed by atoms with Gasteiger partial charge in [-0.15, -0.1) is 0 Å². The smallest absolute Gasteiger partial charge is 0.335 e. The Balaban J connectivity index is 2.13. The summed E-state index contributed by atoms with van der Waals surface area (Å²) in [4.78, 5) is 14.8. The number of halogens is 1. The van der Waals surface area contributed by atoms with Crippen LogP contribution in [0, 0.1) is 5.82 Å². The first-order valence-corrected chi connectivity index (χ1v) is 7.21. The number of aromatic nitrogens is 1. The van der Waals surface area contributed by atoms with Crippen LogP contribution in [0.1, 0.15) is 16.1 Å². The topological polar surface area (TPSA) is 67.3 Å². The van der Waals surface area contributed by atoms with Gasteiger partial charge < -0.3 is 5.11 Å². The highest BCUT2D eigenvalue weighted by molar-refractivity contribution is 7.85. The first kappa shape index (κ1) is 14.3. The highest BCUT2D eigenvalue weighted by Gasteiger charge is 2.14. The number of benzene rings is 1. The van der Waals surface area contributed by atoms with Crippen molar-refractivity contribution in [3.05, 3.63) is 59.7 Å². The molecule has 0 aliphatic rings. The number of hydrogen-bond acceptors (Lipinski definition) is 3. The summed E-state index contributed by atoms with van der Waals surface area (Å²) in [7, 11) is -1.60. The maximum absolute atomic E-state index is 13.6. The van der Waals surface area contributed by atoms with Crippen LogP contribution < -0.4 is 0 Å². The van der Waals surface area contributed by atoms with Crippen LogP contribution in [0.25, 0.3) is 0 Å². The molecule has 4 nitrogen and oxygen atoms in total. The molecule has 20 heavy (non-hydrogen) atoms. The molecule has 1 heterocycles. The van der Waals surface area contributed by atoms with Gasteiger partial charge in [-0.1, -0.05) is 6.07 Å². The third-order valence-corrected chi connectivity index (χ3v) is 4.07. The summed E-state index contributed by atoms with van der Waals surface area (Å²) in [6, 6.07) is 8.68. The minimum atomic E-state index is -1.60. The number of carboxylic acids is 1. The average molecular weight is 293 g/mol. The zero-order chi connectivity index (χ0) is 14.5. The molecule has 1 N–H and O–H groups in total. The van der Waals surface area contributed by atoms with Gasteiger partial charge >= 0.3 is 5.97 Å². The zero-order valence-corrected chi connectivity index (χ0v) is 11.3. The molecule has 1 aromatic carbocycles. The quantitative estimate of drug-likeness (QED) is 0.918. The van der Waals surface area contributed by atoms with Gasteiger partial charge in [0, 0.05) is 24.1 Å². The number of aryl methyl sites for hydroxylation is 1. The normalized spacial score (nSPS) is 12.1. The summed E-state index contributed by atoms with van der Waals surface area (Å²) in [5.41, 5.74) is 0.684. The van der Waals surface area contributed by atoms with Crippen molar-refractivity contribution in [3.8, 4) is 0 Å². The molecule has 2 rings (SSSR count). The number of nitrogens with zero attached hydrogens (tertiary/aromatic N) is 1. The fourth-order valence-electron chi connectivity index (χ4n) is 1.66. The monoisotopic (exact) mass is 293 g/mol. The summed E-state index contributed by atoms with van der Waals surface area (Å²) < 4.78 is 25.7. The van der Waals surface area contributed by atoms with E-state index in [9.17, 15) is 13.4 Å². The highest BCUT2D eigenvalue weighted by Crippen LogP contribution is 2.16. The van der Waals surface area contributed by atoms with Crippen LogP contribution in [0.2, 0.25) is 0 Å². The molecular weight excluding hydrogens is 281 g/mol. The van der Waals surface area contributed by atoms with Gasteiger partial charge in [-0.3, -0.25) is 9.19 Å². The van der Waals surface area contributed by atoms with Crippen molar-refractivity contribution in [3.63, 3.8) is 0 Å². The van der Waals surface area contributed by atoms with Gasteiger partial charge in [-0.25, -0.2) is 9.18 Å². The third kappa shape index (κ3) is 3.48. The molecule has 0 fully saturated rings. The van der Waals surface area contributed by atoms with Crippen LogP contribution in [-0.4, -0.2) is 26.0 Å². The van der Waals surface area contributed by atoms with Crippen molar-refractivity contribution in [1.29, 1.82) is 0 Å². The molecule has 0 radical (unpaired) electrons. The van der Waals surface area contributed by atoms with Crippen LogP contribution in [0.4, 0.5) is 4.39 Å². The number of carboxylic acid groups (broad SMARTS) is 1. The van der Waals surface area contributed by atoms with Gasteiger partial charge in [0.05, 0.1) is 21.3 Å². The molecule has 1 unspecified atom stereocenters. The molecule has 0 bridgehead atoms. The molecule has 1 aromatic heterocycles. The fourth-order valence-corrected chi connectivity index (χ4v) is 2.82. The number of carbonyl (C=O) groups is 1. The second-order valence-corrected chi connectivity index (χ2v) is 5.61. The fraction of sp³-hybridized carbons (Fsp3) is 0.143. The van der Waals surface area contributed by atoms with Gasteiger partial charge in [0.15, 0.2) is 0 Å². The van der Waals surface area contributed by atoms with Crippen molar-refractivity contribution >= 4 is 16.8 Å². The third-order valence-electron chi connectivity index (χ3n) is 2.69. The summed E-state index contributed by atoms with van der Waals surface area (Å²) in [5, 5.41) is 8.86. The van der Waals surface area contributed by atoms with Crippen molar-refractivity contribution < 1.29 is 18.5 Å². The molecule has 0 aliphatic heterocycles. The van der Waals surface area contributed by atoms with E-state index < -0.39 is 22.6 Å². The molecular formula is C14H12FNO3S. The van der Waals surface area contributed by atoms with Gasteiger partial charge in [-0.2, -0.15) is 0 Å². The number of hydrogen-bond donors (Lipinski definition) is 1. The standard InChI is InChI=1S/C14H12FNO3S/c15-12-5-4-10(14(17)18)9-13(12)20(19)8-6-11-3-1-2-7-16-11/h1-5,7,9H,6,8H2,(H,17,18). The molecule has 0 amide bonds. The minimum Gasteiger partial charge on any atom is -0.478 e. The second-order valence-electron chi connectivity index (χ2n) is 4.07. The lowest BCUT2D eigenvalue weighted by atomic mass is 10.2. The van der Waals surface area contributed by atoms with Gasteiger partial charge in [0.25, 0.3) is 0 Å². The molecule has 1 atom stereocenters. The number of aromatic carboxylic acids is 1. The van der Waals surface area contributed by atoms with E-state index in [1.54, 1.807) is 18.3 Å². The molecule has 104 valence electrons. The summed E-state index contributed by atoms with van der Waals surface area (Å²) in [6.45, 7) is 0. The predicted octanol–water partition coefficient (Wildman–Crippen LogP) is 2.27. The summed E-state index contributed by atoms with van der Waals surface area (Å²) in [6.07, 6.45) is 2.06. The minimum absolute atomic E-state index is 0.0763. The van der Waals surface area contributed by atoms with Crippen LogP contribution in [-0.2, 0) is 17.2 Å². The summed E-state index contributed by atoms with van der Waals surface area (Å²) >= 11 is 0. The Morgan fingerprint density at radius 3 is 2.75 bits per heavy atom. The van der Waals surface area contributed by atoms with E-state index in [0.29, 0.717) is 6.42 Å². The molecule has 0 saturated carbocycles. The van der Waals surface area contributed by atoms with Crippen molar-refractivity contribution in [2.45, 2.75) is 11.3 Å². The Hall–Kier alpha value is -2.08. The maximum atomic E-state index is 13.6. The lowest BCUT2D eigenvalue weighted by molar-refractivity contribution is 0.0696. The lowest BCUT2D eigenvalue weighted by Gasteiger charge is -2.05. The predicted molar refractivity (Wildman–Crippen MR) is 72.6 cm³/mol. The molecule has 0 saturated heterocycles. The average Bonchev–Trinajstić information content (AvgIpc) is 2.46. The maximum Gasteiger partial charge on any atom is 0.335 e. The lowest BCUT2D eigenvalue weighted by Crippen LogP contribution is -2.07. The second kappa shape index (κ2) is 6.38. The van der Waals surface area contributed by atoms with Crippen LogP contribution in [0.15, 0.2) is 47.5 Å². The van der Waals surface area contributed by atoms with Crippen molar-refractivity contribution in [2.75, 3.05) is 5.75 Å². The van der Waals surface area contributed by atoms with Gasteiger partial charge in [0.1, 0.15) is 5.82 Å². The molecule has 0 spiro atoms. The van der Waals surface area contributed by atoms with E-state index in [1.807, 2.05) is 6.07 Å².